The van der Waals surface area contributed by atoms with Crippen LogP contribution in [0, 0.1) is 0 Å². The van der Waals surface area contributed by atoms with Crippen LogP contribution in [0.15, 0.2) is 42.6 Å². The second kappa shape index (κ2) is 11.9. The molecule has 0 radical (unpaired) electrons. The lowest BCUT2D eigenvalue weighted by atomic mass is 10.1. The Kier molecular flexibility index (Phi) is 8.41. The number of hydrogen-bond donors (Lipinski definition) is 1. The molecule has 2 saturated heterocycles. The third-order valence-electron chi connectivity index (χ3n) is 6.81. The first-order chi connectivity index (χ1) is 17.0. The van der Waals surface area contributed by atoms with E-state index in [0.29, 0.717) is 45.6 Å². The molecule has 0 unspecified atom stereocenters. The summed E-state index contributed by atoms with van der Waals surface area (Å²) in [6.07, 6.45) is 2.97. The normalized spacial score (nSPS) is 16.8. The summed E-state index contributed by atoms with van der Waals surface area (Å²) in [5, 5.41) is 3.05. The fourth-order valence-electron chi connectivity index (χ4n) is 4.51. The molecule has 0 aliphatic carbocycles. The van der Waals surface area contributed by atoms with Gasteiger partial charge >= 0.3 is 6.03 Å². The molecule has 3 amide bonds. The Morgan fingerprint density at radius 1 is 0.943 bits per heavy atom. The van der Waals surface area contributed by atoms with Gasteiger partial charge in [0.1, 0.15) is 11.6 Å². The second-order valence-electron chi connectivity index (χ2n) is 9.15. The molecule has 1 aromatic heterocycles. The van der Waals surface area contributed by atoms with E-state index >= 15 is 0 Å². The van der Waals surface area contributed by atoms with Gasteiger partial charge in [0.15, 0.2) is 0 Å². The molecule has 1 aromatic carbocycles. The van der Waals surface area contributed by atoms with Gasteiger partial charge in [-0.3, -0.25) is 4.79 Å². The number of pyridine rings is 1. The minimum Gasteiger partial charge on any atom is -0.497 e. The van der Waals surface area contributed by atoms with Crippen LogP contribution in [0.1, 0.15) is 17.5 Å². The summed E-state index contributed by atoms with van der Waals surface area (Å²) in [5.74, 6) is 1.90. The highest BCUT2D eigenvalue weighted by atomic mass is 16.5. The molecular formula is C26H36N6O3. The highest BCUT2D eigenvalue weighted by molar-refractivity contribution is 5.78. The number of aryl methyl sites for hydroxylation is 1. The zero-order valence-electron chi connectivity index (χ0n) is 20.8. The number of nitrogens with zero attached hydrogens (tertiary/aromatic N) is 5. The average Bonchev–Trinajstić information content (AvgIpc) is 2.91. The maximum atomic E-state index is 12.8. The Hall–Kier alpha value is -3.33. The van der Waals surface area contributed by atoms with Gasteiger partial charge in [-0.2, -0.15) is 0 Å². The molecule has 9 nitrogen and oxygen atoms in total. The third-order valence-corrected chi connectivity index (χ3v) is 6.81. The molecule has 3 heterocycles. The number of carbonyl (C=O) groups is 2. The summed E-state index contributed by atoms with van der Waals surface area (Å²) in [4.78, 5) is 38.3. The Morgan fingerprint density at radius 2 is 1.63 bits per heavy atom. The predicted octanol–water partition coefficient (Wildman–Crippen LogP) is 1.83. The molecule has 0 bridgehead atoms. The van der Waals surface area contributed by atoms with Crippen LogP contribution in [0.3, 0.4) is 0 Å². The molecule has 9 heteroatoms. The number of benzene rings is 1. The lowest BCUT2D eigenvalue weighted by molar-refractivity contribution is -0.132. The van der Waals surface area contributed by atoms with Crippen molar-refractivity contribution in [1.82, 2.24) is 25.0 Å². The van der Waals surface area contributed by atoms with Gasteiger partial charge in [0, 0.05) is 77.1 Å². The smallest absolute Gasteiger partial charge is 0.317 e. The molecule has 0 spiro atoms. The zero-order valence-corrected chi connectivity index (χ0v) is 20.8. The van der Waals surface area contributed by atoms with Crippen LogP contribution in [-0.4, -0.2) is 98.1 Å². The molecule has 0 saturated carbocycles. The number of likely N-dealkylation sites (N-methyl/N-ethyl adjacent to an activating group) is 1. The van der Waals surface area contributed by atoms with Gasteiger partial charge in [0.05, 0.1) is 7.11 Å². The van der Waals surface area contributed by atoms with Crippen molar-refractivity contribution in [2.45, 2.75) is 19.4 Å². The maximum Gasteiger partial charge on any atom is 0.317 e. The first kappa shape index (κ1) is 24.8. The largest absolute Gasteiger partial charge is 0.497 e. The number of hydrogen-bond acceptors (Lipinski definition) is 6. The standard InChI is InChI=1S/C26H36N6O3/c1-29-12-14-31(15-13-29)25-22(4-3-11-27-25)20-28-26(34)32-18-16-30(17-19-32)24(33)10-7-21-5-8-23(35-2)9-6-21/h3-6,8-9,11H,7,10,12-20H2,1-2H3,(H,28,34). The van der Waals surface area contributed by atoms with Crippen LogP contribution in [0.5, 0.6) is 5.75 Å². The third kappa shape index (κ3) is 6.63. The Labute approximate surface area is 207 Å². The molecule has 188 valence electrons. The lowest BCUT2D eigenvalue weighted by Gasteiger charge is -2.35. The molecule has 2 aromatic rings. The van der Waals surface area contributed by atoms with Gasteiger partial charge in [-0.15, -0.1) is 0 Å². The molecular weight excluding hydrogens is 444 g/mol. The van der Waals surface area contributed by atoms with Gasteiger partial charge in [-0.1, -0.05) is 18.2 Å². The minimum absolute atomic E-state index is 0.0940. The number of nitrogens with one attached hydrogen (secondary N) is 1. The van der Waals surface area contributed by atoms with Crippen molar-refractivity contribution >= 4 is 17.8 Å². The summed E-state index contributed by atoms with van der Waals surface area (Å²) in [6.45, 7) is 6.53. The van der Waals surface area contributed by atoms with E-state index in [2.05, 4.69) is 27.1 Å². The summed E-state index contributed by atoms with van der Waals surface area (Å²) in [6, 6.07) is 11.7. The minimum atomic E-state index is -0.0940. The van der Waals surface area contributed by atoms with Crippen LogP contribution in [0.25, 0.3) is 0 Å². The van der Waals surface area contributed by atoms with E-state index in [4.69, 9.17) is 4.74 Å². The Bertz CT molecular complexity index is 983. The first-order valence-corrected chi connectivity index (χ1v) is 12.3. The van der Waals surface area contributed by atoms with Crippen molar-refractivity contribution in [2.24, 2.45) is 0 Å². The molecule has 35 heavy (non-hydrogen) atoms. The fourth-order valence-corrected chi connectivity index (χ4v) is 4.51. The molecule has 0 atom stereocenters. The Balaban J connectivity index is 1.21. The number of methoxy groups -OCH3 is 1. The molecule has 2 aliphatic rings. The monoisotopic (exact) mass is 480 g/mol. The van der Waals surface area contributed by atoms with E-state index in [1.165, 1.54) is 0 Å². The Morgan fingerprint density at radius 3 is 2.31 bits per heavy atom. The summed E-state index contributed by atoms with van der Waals surface area (Å²) in [7, 11) is 3.77. The van der Waals surface area contributed by atoms with Gasteiger partial charge in [0.2, 0.25) is 5.91 Å². The van der Waals surface area contributed by atoms with Gasteiger partial charge in [-0.05, 0) is 37.2 Å². The van der Waals surface area contributed by atoms with Crippen LogP contribution in [-0.2, 0) is 17.8 Å². The number of rotatable bonds is 7. The topological polar surface area (TPSA) is 81.2 Å². The van der Waals surface area contributed by atoms with Gasteiger partial charge in [0.25, 0.3) is 0 Å². The van der Waals surface area contributed by atoms with E-state index in [0.717, 1.165) is 48.9 Å². The van der Waals surface area contributed by atoms with Crippen molar-refractivity contribution in [3.8, 4) is 5.75 Å². The van der Waals surface area contributed by atoms with E-state index in [1.54, 1.807) is 12.0 Å². The molecule has 2 aliphatic heterocycles. The van der Waals surface area contributed by atoms with E-state index < -0.39 is 0 Å². The average molecular weight is 481 g/mol. The van der Waals surface area contributed by atoms with E-state index in [9.17, 15) is 9.59 Å². The summed E-state index contributed by atoms with van der Waals surface area (Å²) in [5.41, 5.74) is 2.14. The summed E-state index contributed by atoms with van der Waals surface area (Å²) < 4.78 is 5.18. The number of piperazine rings is 2. The number of aromatic nitrogens is 1. The first-order valence-electron chi connectivity index (χ1n) is 12.3. The van der Waals surface area contributed by atoms with E-state index in [-0.39, 0.29) is 11.9 Å². The zero-order chi connectivity index (χ0) is 24.6. The van der Waals surface area contributed by atoms with Crippen molar-refractivity contribution in [3.05, 3.63) is 53.7 Å². The van der Waals surface area contributed by atoms with Crippen molar-refractivity contribution < 1.29 is 14.3 Å². The molecule has 4 rings (SSSR count). The van der Waals surface area contributed by atoms with Crippen LogP contribution < -0.4 is 15.0 Å². The van der Waals surface area contributed by atoms with Crippen LogP contribution in [0.4, 0.5) is 10.6 Å². The summed E-state index contributed by atoms with van der Waals surface area (Å²) >= 11 is 0. The highest BCUT2D eigenvalue weighted by Gasteiger charge is 2.24. The number of ether oxygens (including phenoxy) is 1. The quantitative estimate of drug-likeness (QED) is 0.651. The van der Waals surface area contributed by atoms with Gasteiger partial charge < -0.3 is 29.7 Å². The van der Waals surface area contributed by atoms with Gasteiger partial charge in [-0.25, -0.2) is 9.78 Å². The van der Waals surface area contributed by atoms with Crippen molar-refractivity contribution in [2.75, 3.05) is 71.4 Å². The maximum absolute atomic E-state index is 12.8. The van der Waals surface area contributed by atoms with Crippen molar-refractivity contribution in [3.63, 3.8) is 0 Å². The lowest BCUT2D eigenvalue weighted by Crippen LogP contribution is -2.53. The fraction of sp³-hybridized carbons (Fsp3) is 0.500. The number of amides is 3. The van der Waals surface area contributed by atoms with Crippen LogP contribution >= 0.6 is 0 Å². The predicted molar refractivity (Wildman–Crippen MR) is 136 cm³/mol. The van der Waals surface area contributed by atoms with E-state index in [1.807, 2.05) is 47.5 Å². The number of anilines is 1. The molecule has 1 N–H and O–H groups in total. The van der Waals surface area contributed by atoms with Crippen molar-refractivity contribution in [1.29, 1.82) is 0 Å². The second-order valence-corrected chi connectivity index (χ2v) is 9.15. The highest BCUT2D eigenvalue weighted by Crippen LogP contribution is 2.19. The number of urea groups is 1. The molecule has 2 fully saturated rings. The number of carbonyl (C=O) groups excluding carboxylic acids is 2. The van der Waals surface area contributed by atoms with Crippen LogP contribution in [0.2, 0.25) is 0 Å². The SMILES string of the molecule is COc1ccc(CCC(=O)N2CCN(C(=O)NCc3cccnc3N3CCN(C)CC3)CC2)cc1.